The van der Waals surface area contributed by atoms with Crippen LogP contribution in [0.1, 0.15) is 21.6 Å². The first-order chi connectivity index (χ1) is 12.9. The molecule has 0 bridgehead atoms. The molecule has 1 aromatic carbocycles. The predicted octanol–water partition coefficient (Wildman–Crippen LogP) is 2.15. The molecule has 0 saturated heterocycles. The highest BCUT2D eigenvalue weighted by atomic mass is 16.6. The first-order valence-electron chi connectivity index (χ1n) is 8.14. The maximum Gasteiger partial charge on any atom is 0.343 e. The fraction of sp³-hybridized carbons (Fsp3) is 0.250. The number of ketones is 1. The summed E-state index contributed by atoms with van der Waals surface area (Å²) in [5, 5.41) is 0. The minimum Gasteiger partial charge on any atom is -0.496 e. The molecule has 7 nitrogen and oxygen atoms in total. The molecular weight excluding hydrogens is 350 g/mol. The number of hydrogen-bond donors (Lipinski definition) is 0. The van der Waals surface area contributed by atoms with Crippen molar-refractivity contribution in [2.45, 2.75) is 6.92 Å². The van der Waals surface area contributed by atoms with Crippen molar-refractivity contribution in [1.29, 1.82) is 0 Å². The number of aryl methyl sites for hydroxylation is 1. The van der Waals surface area contributed by atoms with E-state index < -0.39 is 17.3 Å². The van der Waals surface area contributed by atoms with Crippen molar-refractivity contribution < 1.29 is 23.8 Å². The van der Waals surface area contributed by atoms with Crippen LogP contribution < -0.4 is 15.0 Å². The number of esters is 1. The van der Waals surface area contributed by atoms with Crippen LogP contribution in [-0.4, -0.2) is 37.1 Å². The van der Waals surface area contributed by atoms with E-state index >= 15 is 0 Å². The highest BCUT2D eigenvalue weighted by Crippen LogP contribution is 2.18. The lowest BCUT2D eigenvalue weighted by Gasteiger charge is -2.10. The molecule has 0 unspecified atom stereocenters. The quantitative estimate of drug-likeness (QED) is 0.421. The third-order valence-corrected chi connectivity index (χ3v) is 3.97. The Labute approximate surface area is 156 Å². The fourth-order valence-electron chi connectivity index (χ4n) is 2.34. The van der Waals surface area contributed by atoms with Crippen LogP contribution >= 0.6 is 0 Å². The molecule has 27 heavy (non-hydrogen) atoms. The average molecular weight is 371 g/mol. The molecule has 0 fully saturated rings. The first-order valence-corrected chi connectivity index (χ1v) is 8.14. The summed E-state index contributed by atoms with van der Waals surface area (Å²) in [4.78, 5) is 36.1. The Balaban J connectivity index is 2.24. The van der Waals surface area contributed by atoms with Gasteiger partial charge in [0.05, 0.1) is 14.2 Å². The van der Waals surface area contributed by atoms with E-state index in [1.165, 1.54) is 24.9 Å². The molecule has 0 radical (unpaired) electrons. The second-order valence-electron chi connectivity index (χ2n) is 5.73. The van der Waals surface area contributed by atoms with E-state index in [2.05, 4.69) is 4.74 Å². The Kier molecular flexibility index (Phi) is 6.54. The molecule has 0 N–H and O–H groups in total. The number of benzene rings is 1. The van der Waals surface area contributed by atoms with E-state index in [1.54, 1.807) is 50.4 Å². The molecule has 2 rings (SSSR count). The third-order valence-electron chi connectivity index (χ3n) is 3.97. The number of pyridine rings is 1. The zero-order valence-electron chi connectivity index (χ0n) is 15.6. The van der Waals surface area contributed by atoms with Gasteiger partial charge >= 0.3 is 5.97 Å². The number of carbonyl (C=O) groups excluding carboxylic acids is 2. The maximum absolute atomic E-state index is 12.5. The Morgan fingerprint density at radius 2 is 1.93 bits per heavy atom. The van der Waals surface area contributed by atoms with Gasteiger partial charge in [0, 0.05) is 18.8 Å². The molecule has 0 atom stereocenters. The van der Waals surface area contributed by atoms with E-state index in [0.717, 1.165) is 0 Å². The molecule has 142 valence electrons. The molecule has 0 spiro atoms. The second kappa shape index (κ2) is 8.84. The van der Waals surface area contributed by atoms with Gasteiger partial charge in [0.1, 0.15) is 17.1 Å². The molecule has 1 heterocycles. The lowest BCUT2D eigenvalue weighted by molar-refractivity contribution is -0.142. The predicted molar refractivity (Wildman–Crippen MR) is 100 cm³/mol. The highest BCUT2D eigenvalue weighted by molar-refractivity contribution is 6.08. The Hall–Kier alpha value is -3.35. The van der Waals surface area contributed by atoms with Crippen molar-refractivity contribution in [3.05, 3.63) is 63.6 Å². The van der Waals surface area contributed by atoms with E-state index in [0.29, 0.717) is 17.0 Å². The summed E-state index contributed by atoms with van der Waals surface area (Å²) in [5.41, 5.74) is 0.915. The van der Waals surface area contributed by atoms with E-state index in [9.17, 15) is 14.4 Å². The Morgan fingerprint density at radius 3 is 2.59 bits per heavy atom. The fourth-order valence-corrected chi connectivity index (χ4v) is 2.34. The Bertz CT molecular complexity index is 942. The van der Waals surface area contributed by atoms with Crippen LogP contribution in [0, 0.1) is 6.92 Å². The standard InChI is InChI=1S/C20H21NO6/c1-13-10-17(25-3)19(20(24)21(13)2)16(22)9-8-14-6-5-7-15(11-14)27-12-18(23)26-4/h5-11H,12H2,1-4H3. The SMILES string of the molecule is COC(=O)COc1cccc(C=CC(=O)c2c(OC)cc(C)n(C)c2=O)c1. The molecule has 0 aliphatic heterocycles. The van der Waals surface area contributed by atoms with E-state index in [1.807, 2.05) is 0 Å². The van der Waals surface area contributed by atoms with Gasteiger partial charge in [-0.05, 0) is 30.7 Å². The van der Waals surface area contributed by atoms with Crippen LogP contribution in [0.25, 0.3) is 6.08 Å². The van der Waals surface area contributed by atoms with Gasteiger partial charge in [-0.1, -0.05) is 18.2 Å². The van der Waals surface area contributed by atoms with Crippen LogP contribution in [0.4, 0.5) is 0 Å². The number of allylic oxidation sites excluding steroid dienone is 1. The number of rotatable bonds is 7. The molecule has 1 aromatic heterocycles. The highest BCUT2D eigenvalue weighted by Gasteiger charge is 2.17. The average Bonchev–Trinajstić information content (AvgIpc) is 2.68. The molecule has 0 amide bonds. The lowest BCUT2D eigenvalue weighted by atomic mass is 10.1. The number of carbonyl (C=O) groups is 2. The monoisotopic (exact) mass is 371 g/mol. The number of hydrogen-bond acceptors (Lipinski definition) is 6. The summed E-state index contributed by atoms with van der Waals surface area (Å²) in [6, 6.07) is 8.48. The summed E-state index contributed by atoms with van der Waals surface area (Å²) < 4.78 is 16.4. The molecular formula is C20H21NO6. The van der Waals surface area contributed by atoms with Gasteiger partial charge in [-0.2, -0.15) is 0 Å². The zero-order chi connectivity index (χ0) is 20.0. The molecule has 0 aliphatic carbocycles. The normalized spacial score (nSPS) is 10.7. The number of nitrogens with zero attached hydrogens (tertiary/aromatic N) is 1. The van der Waals surface area contributed by atoms with Gasteiger partial charge in [0.2, 0.25) is 0 Å². The maximum atomic E-state index is 12.5. The Morgan fingerprint density at radius 1 is 1.19 bits per heavy atom. The molecule has 2 aromatic rings. The van der Waals surface area contributed by atoms with Gasteiger partial charge in [-0.15, -0.1) is 0 Å². The van der Waals surface area contributed by atoms with E-state index in [4.69, 9.17) is 9.47 Å². The minimum absolute atomic E-state index is 0.0278. The van der Waals surface area contributed by atoms with Crippen LogP contribution in [0.2, 0.25) is 0 Å². The zero-order valence-corrected chi connectivity index (χ0v) is 15.6. The van der Waals surface area contributed by atoms with Gasteiger partial charge in [-0.25, -0.2) is 4.79 Å². The van der Waals surface area contributed by atoms with Gasteiger partial charge in [0.25, 0.3) is 5.56 Å². The van der Waals surface area contributed by atoms with Crippen LogP contribution in [-0.2, 0) is 16.6 Å². The summed E-state index contributed by atoms with van der Waals surface area (Å²) in [7, 11) is 4.29. The van der Waals surface area contributed by atoms with Crippen LogP contribution in [0.3, 0.4) is 0 Å². The molecule has 0 saturated carbocycles. The van der Waals surface area contributed by atoms with Gasteiger partial charge in [-0.3, -0.25) is 9.59 Å². The van der Waals surface area contributed by atoms with Crippen molar-refractivity contribution in [3.8, 4) is 11.5 Å². The van der Waals surface area contributed by atoms with Crippen molar-refractivity contribution in [2.75, 3.05) is 20.8 Å². The lowest BCUT2D eigenvalue weighted by Crippen LogP contribution is -2.26. The third kappa shape index (κ3) is 4.84. The second-order valence-corrected chi connectivity index (χ2v) is 5.73. The van der Waals surface area contributed by atoms with Crippen molar-refractivity contribution in [1.82, 2.24) is 4.57 Å². The summed E-state index contributed by atoms with van der Waals surface area (Å²) in [5.74, 6) is -0.263. The summed E-state index contributed by atoms with van der Waals surface area (Å²) >= 11 is 0. The topological polar surface area (TPSA) is 83.8 Å². The number of ether oxygens (including phenoxy) is 3. The van der Waals surface area contributed by atoms with Crippen molar-refractivity contribution >= 4 is 17.8 Å². The van der Waals surface area contributed by atoms with Crippen molar-refractivity contribution in [3.63, 3.8) is 0 Å². The minimum atomic E-state index is -0.492. The summed E-state index contributed by atoms with van der Waals surface area (Å²) in [6.45, 7) is 1.55. The van der Waals surface area contributed by atoms with Gasteiger partial charge < -0.3 is 18.8 Å². The van der Waals surface area contributed by atoms with Crippen molar-refractivity contribution in [2.24, 2.45) is 7.05 Å². The van der Waals surface area contributed by atoms with Gasteiger partial charge in [0.15, 0.2) is 12.4 Å². The largest absolute Gasteiger partial charge is 0.496 e. The number of aromatic nitrogens is 1. The molecule has 7 heteroatoms. The summed E-state index contributed by atoms with van der Waals surface area (Å²) in [6.07, 6.45) is 2.86. The number of methoxy groups -OCH3 is 2. The van der Waals surface area contributed by atoms with Crippen LogP contribution in [0.5, 0.6) is 11.5 Å². The molecule has 0 aliphatic rings. The van der Waals surface area contributed by atoms with Crippen LogP contribution in [0.15, 0.2) is 41.2 Å². The van der Waals surface area contributed by atoms with E-state index in [-0.39, 0.29) is 17.9 Å². The smallest absolute Gasteiger partial charge is 0.343 e. The first kappa shape index (κ1) is 20.0.